The zero-order valence-electron chi connectivity index (χ0n) is 16.3. The van der Waals surface area contributed by atoms with Crippen LogP contribution in [-0.4, -0.2) is 29.3 Å². The molecule has 1 amide bonds. The van der Waals surface area contributed by atoms with Gasteiger partial charge in [-0.05, 0) is 36.1 Å². The van der Waals surface area contributed by atoms with Gasteiger partial charge in [0.05, 0.1) is 7.11 Å². The van der Waals surface area contributed by atoms with Gasteiger partial charge in [-0.1, -0.05) is 54.6 Å². The summed E-state index contributed by atoms with van der Waals surface area (Å²) in [5.41, 5.74) is 4.31. The molecule has 2 aromatic carbocycles. The predicted molar refractivity (Wildman–Crippen MR) is 112 cm³/mol. The number of rotatable bonds is 5. The van der Waals surface area contributed by atoms with E-state index in [0.29, 0.717) is 18.2 Å². The van der Waals surface area contributed by atoms with E-state index in [-0.39, 0.29) is 11.3 Å². The lowest BCUT2D eigenvalue weighted by molar-refractivity contribution is 0.0946. The van der Waals surface area contributed by atoms with Crippen LogP contribution in [0.25, 0.3) is 6.08 Å². The number of allylic oxidation sites excluding steroid dienone is 1. The first kappa shape index (κ1) is 17.7. The summed E-state index contributed by atoms with van der Waals surface area (Å²) in [5.74, 6) is 0.731. The van der Waals surface area contributed by atoms with E-state index in [1.54, 1.807) is 7.11 Å². The molecule has 1 unspecified atom stereocenters. The number of fused-ring (bicyclic) bond motifs is 1. The highest BCUT2D eigenvalue weighted by atomic mass is 16.5. The molecule has 0 bridgehead atoms. The number of methoxy groups -OCH3 is 1. The number of hydrogen-bond acceptors (Lipinski definition) is 3. The van der Waals surface area contributed by atoms with Gasteiger partial charge in [0.2, 0.25) is 0 Å². The molecular weight excluding hydrogens is 362 g/mol. The number of aromatic amines is 1. The first-order chi connectivity index (χ1) is 14.2. The summed E-state index contributed by atoms with van der Waals surface area (Å²) in [4.78, 5) is 12.6. The molecule has 0 spiro atoms. The lowest BCUT2D eigenvalue weighted by atomic mass is 9.68. The monoisotopic (exact) mass is 385 g/mol. The van der Waals surface area contributed by atoms with E-state index in [1.807, 2.05) is 24.3 Å². The number of carbonyl (C=O) groups is 1. The maximum Gasteiger partial charge on any atom is 0.272 e. The Morgan fingerprint density at radius 2 is 1.93 bits per heavy atom. The predicted octanol–water partition coefficient (Wildman–Crippen LogP) is 3.87. The SMILES string of the molecule is COc1cccc(C2(c3ccccc3)C=Cc3c(C(=O)NC4CC4)n[nH]c3C2)c1. The highest BCUT2D eigenvalue weighted by Crippen LogP contribution is 2.42. The summed E-state index contributed by atoms with van der Waals surface area (Å²) < 4.78 is 5.48. The average molecular weight is 385 g/mol. The van der Waals surface area contributed by atoms with E-state index >= 15 is 0 Å². The van der Waals surface area contributed by atoms with Gasteiger partial charge in [-0.15, -0.1) is 0 Å². The second kappa shape index (κ2) is 6.92. The van der Waals surface area contributed by atoms with Gasteiger partial charge in [-0.2, -0.15) is 5.10 Å². The number of amides is 1. The Hall–Kier alpha value is -3.34. The van der Waals surface area contributed by atoms with Crippen LogP contribution in [0.1, 0.15) is 45.7 Å². The fraction of sp³-hybridized carbons (Fsp3) is 0.250. The normalized spacial score (nSPS) is 20.2. The Morgan fingerprint density at radius 1 is 1.14 bits per heavy atom. The van der Waals surface area contributed by atoms with Crippen LogP contribution in [0.15, 0.2) is 60.7 Å². The third-order valence-corrected chi connectivity index (χ3v) is 5.87. The summed E-state index contributed by atoms with van der Waals surface area (Å²) in [6.45, 7) is 0. The fourth-order valence-corrected chi connectivity index (χ4v) is 4.12. The van der Waals surface area contributed by atoms with Crippen molar-refractivity contribution < 1.29 is 9.53 Å². The number of aromatic nitrogens is 2. The van der Waals surface area contributed by atoms with E-state index in [2.05, 4.69) is 58.0 Å². The molecule has 5 rings (SSSR count). The molecule has 0 aliphatic heterocycles. The molecule has 2 aliphatic rings. The van der Waals surface area contributed by atoms with E-state index in [9.17, 15) is 4.79 Å². The van der Waals surface area contributed by atoms with Crippen molar-refractivity contribution in [1.29, 1.82) is 0 Å². The molecule has 5 nitrogen and oxygen atoms in total. The van der Waals surface area contributed by atoms with Crippen molar-refractivity contribution in [3.05, 3.63) is 88.8 Å². The Kier molecular flexibility index (Phi) is 4.23. The second-order valence-electron chi connectivity index (χ2n) is 7.79. The minimum Gasteiger partial charge on any atom is -0.497 e. The molecule has 1 fully saturated rings. The van der Waals surface area contributed by atoms with Crippen LogP contribution < -0.4 is 10.1 Å². The zero-order valence-corrected chi connectivity index (χ0v) is 16.3. The number of ether oxygens (including phenoxy) is 1. The van der Waals surface area contributed by atoms with Crippen molar-refractivity contribution in [3.63, 3.8) is 0 Å². The molecule has 29 heavy (non-hydrogen) atoms. The zero-order chi connectivity index (χ0) is 19.8. The molecule has 2 N–H and O–H groups in total. The van der Waals surface area contributed by atoms with Crippen molar-refractivity contribution in [2.24, 2.45) is 0 Å². The number of H-pyrrole nitrogens is 1. The van der Waals surface area contributed by atoms with Crippen LogP contribution in [0.2, 0.25) is 0 Å². The first-order valence-corrected chi connectivity index (χ1v) is 9.97. The van der Waals surface area contributed by atoms with E-state index in [0.717, 1.165) is 35.4 Å². The van der Waals surface area contributed by atoms with Gasteiger partial charge in [0.1, 0.15) is 5.75 Å². The lowest BCUT2D eigenvalue weighted by Crippen LogP contribution is -2.31. The van der Waals surface area contributed by atoms with Gasteiger partial charge in [-0.3, -0.25) is 9.89 Å². The molecule has 146 valence electrons. The van der Waals surface area contributed by atoms with Crippen LogP contribution in [-0.2, 0) is 11.8 Å². The van der Waals surface area contributed by atoms with E-state index < -0.39 is 0 Å². The molecule has 3 aromatic rings. The van der Waals surface area contributed by atoms with Gasteiger partial charge in [-0.25, -0.2) is 0 Å². The van der Waals surface area contributed by atoms with Gasteiger partial charge in [0, 0.05) is 29.1 Å². The second-order valence-corrected chi connectivity index (χ2v) is 7.79. The Bertz CT molecular complexity index is 1080. The maximum absolute atomic E-state index is 12.6. The minimum absolute atomic E-state index is 0.0942. The minimum atomic E-state index is -0.362. The first-order valence-electron chi connectivity index (χ1n) is 9.97. The summed E-state index contributed by atoms with van der Waals surface area (Å²) in [7, 11) is 1.68. The van der Waals surface area contributed by atoms with Crippen LogP contribution >= 0.6 is 0 Å². The highest BCUT2D eigenvalue weighted by molar-refractivity contribution is 5.97. The third kappa shape index (κ3) is 3.12. The number of carbonyl (C=O) groups excluding carboxylic acids is 1. The molecule has 2 aliphatic carbocycles. The number of nitrogens with zero attached hydrogens (tertiary/aromatic N) is 1. The molecule has 1 saturated carbocycles. The van der Waals surface area contributed by atoms with Crippen molar-refractivity contribution >= 4 is 12.0 Å². The van der Waals surface area contributed by atoms with Crippen molar-refractivity contribution in [2.45, 2.75) is 30.7 Å². The molecule has 5 heteroatoms. The highest BCUT2D eigenvalue weighted by Gasteiger charge is 2.37. The Morgan fingerprint density at radius 3 is 2.69 bits per heavy atom. The van der Waals surface area contributed by atoms with Gasteiger partial charge in [0.15, 0.2) is 5.69 Å². The molecule has 1 aromatic heterocycles. The summed E-state index contributed by atoms with van der Waals surface area (Å²) in [6.07, 6.45) is 7.04. The van der Waals surface area contributed by atoms with Crippen LogP contribution in [0.3, 0.4) is 0 Å². The summed E-state index contributed by atoms with van der Waals surface area (Å²) in [5, 5.41) is 10.5. The van der Waals surface area contributed by atoms with Gasteiger partial charge < -0.3 is 10.1 Å². The summed E-state index contributed by atoms with van der Waals surface area (Å²) >= 11 is 0. The molecule has 0 radical (unpaired) electrons. The largest absolute Gasteiger partial charge is 0.497 e. The van der Waals surface area contributed by atoms with Crippen LogP contribution in [0.4, 0.5) is 0 Å². The molecule has 1 atom stereocenters. The molecular formula is C24H23N3O2. The van der Waals surface area contributed by atoms with Gasteiger partial charge >= 0.3 is 0 Å². The Labute approximate surface area is 169 Å². The standard InChI is InChI=1S/C24H23N3O2/c1-29-19-9-5-8-17(14-19)24(16-6-3-2-4-7-16)13-12-20-21(15-24)26-27-22(20)23(28)25-18-10-11-18/h2-9,12-14,18H,10-11,15H2,1H3,(H,25,28)(H,26,27). The average Bonchev–Trinajstić information content (AvgIpc) is 3.49. The van der Waals surface area contributed by atoms with Crippen LogP contribution in [0.5, 0.6) is 5.75 Å². The lowest BCUT2D eigenvalue weighted by Gasteiger charge is -2.34. The van der Waals surface area contributed by atoms with Crippen LogP contribution in [0, 0.1) is 0 Å². The quantitative estimate of drug-likeness (QED) is 0.701. The summed E-state index contributed by atoms with van der Waals surface area (Å²) in [6, 6.07) is 18.9. The number of nitrogens with one attached hydrogen (secondary N) is 2. The van der Waals surface area contributed by atoms with Crippen molar-refractivity contribution in [3.8, 4) is 5.75 Å². The van der Waals surface area contributed by atoms with Gasteiger partial charge in [0.25, 0.3) is 5.91 Å². The van der Waals surface area contributed by atoms with E-state index in [4.69, 9.17) is 4.74 Å². The fourth-order valence-electron chi connectivity index (χ4n) is 4.12. The van der Waals surface area contributed by atoms with Crippen molar-refractivity contribution in [2.75, 3.05) is 7.11 Å². The smallest absolute Gasteiger partial charge is 0.272 e. The molecule has 0 saturated heterocycles. The number of benzene rings is 2. The van der Waals surface area contributed by atoms with Crippen molar-refractivity contribution in [1.82, 2.24) is 15.5 Å². The number of hydrogen-bond donors (Lipinski definition) is 2. The maximum atomic E-state index is 12.6. The Balaban J connectivity index is 1.59. The van der Waals surface area contributed by atoms with E-state index in [1.165, 1.54) is 5.56 Å². The topological polar surface area (TPSA) is 67.0 Å². The molecule has 1 heterocycles. The third-order valence-electron chi connectivity index (χ3n) is 5.87.